The highest BCUT2D eigenvalue weighted by Gasteiger charge is 2.25. The summed E-state index contributed by atoms with van der Waals surface area (Å²) < 4.78 is 2.08. The number of aromatic nitrogens is 2. The molecule has 1 unspecified atom stereocenters. The molecular weight excluding hydrogens is 297 g/mol. The molecule has 0 saturated heterocycles. The maximum atomic E-state index is 12.3. The fourth-order valence-electron chi connectivity index (χ4n) is 2.45. The van der Waals surface area contributed by atoms with Gasteiger partial charge in [-0.3, -0.25) is 4.79 Å². The molecular formula is C14H13Cl2N3O. The predicted molar refractivity (Wildman–Crippen MR) is 79.1 cm³/mol. The molecule has 1 amide bonds. The van der Waals surface area contributed by atoms with E-state index in [9.17, 15) is 4.79 Å². The maximum absolute atomic E-state index is 12.3. The molecule has 1 aliphatic heterocycles. The van der Waals surface area contributed by atoms with Crippen LogP contribution in [0.25, 0.3) is 0 Å². The van der Waals surface area contributed by atoms with Crippen LogP contribution in [0.5, 0.6) is 0 Å². The first-order valence-electron chi connectivity index (χ1n) is 6.39. The molecule has 0 bridgehead atoms. The molecule has 1 aromatic heterocycles. The van der Waals surface area contributed by atoms with Crippen molar-refractivity contribution in [3.8, 4) is 0 Å². The minimum atomic E-state index is -0.0670. The summed E-state index contributed by atoms with van der Waals surface area (Å²) in [4.78, 5) is 16.6. The molecule has 0 fully saturated rings. The van der Waals surface area contributed by atoms with Crippen LogP contribution in [0, 0.1) is 5.92 Å². The van der Waals surface area contributed by atoms with Gasteiger partial charge >= 0.3 is 0 Å². The number of rotatable bonds is 2. The number of hydrogen-bond donors (Lipinski definition) is 1. The van der Waals surface area contributed by atoms with Crippen LogP contribution in [0.2, 0.25) is 10.0 Å². The Morgan fingerprint density at radius 1 is 1.30 bits per heavy atom. The number of aryl methyl sites for hydroxylation is 1. The standard InChI is InChI=1S/C14H13Cl2N3O/c15-10-6-11(16)8-12(7-10)18-14(20)9-1-3-19-4-2-17-13(19)5-9/h2,4,6-9H,1,3,5H2,(H,18,20). The zero-order valence-corrected chi connectivity index (χ0v) is 12.2. The van der Waals surface area contributed by atoms with Gasteiger partial charge in [-0.2, -0.15) is 0 Å². The van der Waals surface area contributed by atoms with Crippen molar-refractivity contribution in [3.63, 3.8) is 0 Å². The molecule has 6 heteroatoms. The molecule has 20 heavy (non-hydrogen) atoms. The van der Waals surface area contributed by atoms with Gasteiger partial charge in [-0.1, -0.05) is 23.2 Å². The Morgan fingerprint density at radius 2 is 2.05 bits per heavy atom. The third-order valence-corrected chi connectivity index (χ3v) is 3.89. The monoisotopic (exact) mass is 309 g/mol. The first-order chi connectivity index (χ1) is 9.61. The van der Waals surface area contributed by atoms with Gasteiger partial charge in [0.15, 0.2) is 0 Å². The third kappa shape index (κ3) is 2.81. The van der Waals surface area contributed by atoms with Crippen LogP contribution in [-0.2, 0) is 17.8 Å². The molecule has 0 radical (unpaired) electrons. The van der Waals surface area contributed by atoms with Crippen molar-refractivity contribution in [2.45, 2.75) is 19.4 Å². The third-order valence-electron chi connectivity index (χ3n) is 3.45. The maximum Gasteiger partial charge on any atom is 0.228 e. The largest absolute Gasteiger partial charge is 0.335 e. The number of fused-ring (bicyclic) bond motifs is 1. The van der Waals surface area contributed by atoms with E-state index in [0.717, 1.165) is 18.8 Å². The van der Waals surface area contributed by atoms with E-state index < -0.39 is 0 Å². The summed E-state index contributed by atoms with van der Waals surface area (Å²) >= 11 is 11.8. The minimum Gasteiger partial charge on any atom is -0.335 e. The van der Waals surface area contributed by atoms with Crippen molar-refractivity contribution in [2.75, 3.05) is 5.32 Å². The minimum absolute atomic E-state index is 0.0161. The lowest BCUT2D eigenvalue weighted by Gasteiger charge is -2.22. The van der Waals surface area contributed by atoms with Gasteiger partial charge in [0.25, 0.3) is 0 Å². The van der Waals surface area contributed by atoms with E-state index in [1.54, 1.807) is 24.4 Å². The quantitative estimate of drug-likeness (QED) is 0.924. The highest BCUT2D eigenvalue weighted by Crippen LogP contribution is 2.25. The number of benzene rings is 1. The van der Waals surface area contributed by atoms with Gasteiger partial charge in [0, 0.05) is 47.0 Å². The lowest BCUT2D eigenvalue weighted by molar-refractivity contribution is -0.120. The number of carbonyl (C=O) groups excluding carboxylic acids is 1. The van der Waals surface area contributed by atoms with Gasteiger partial charge < -0.3 is 9.88 Å². The lowest BCUT2D eigenvalue weighted by atomic mass is 9.97. The molecule has 0 aliphatic carbocycles. The molecule has 2 heterocycles. The van der Waals surface area contributed by atoms with Gasteiger partial charge in [0.2, 0.25) is 5.91 Å². The highest BCUT2D eigenvalue weighted by atomic mass is 35.5. The summed E-state index contributed by atoms with van der Waals surface area (Å²) in [6.45, 7) is 0.823. The van der Waals surface area contributed by atoms with Crippen molar-refractivity contribution in [2.24, 2.45) is 5.92 Å². The SMILES string of the molecule is O=C(Nc1cc(Cl)cc(Cl)c1)C1CCn2ccnc2C1. The van der Waals surface area contributed by atoms with Gasteiger partial charge in [0.1, 0.15) is 5.82 Å². The summed E-state index contributed by atoms with van der Waals surface area (Å²) in [5.41, 5.74) is 0.626. The molecule has 4 nitrogen and oxygen atoms in total. The highest BCUT2D eigenvalue weighted by molar-refractivity contribution is 6.35. The number of nitrogens with one attached hydrogen (secondary N) is 1. The zero-order chi connectivity index (χ0) is 14.1. The first-order valence-corrected chi connectivity index (χ1v) is 7.14. The van der Waals surface area contributed by atoms with E-state index in [1.807, 2.05) is 6.20 Å². The van der Waals surface area contributed by atoms with Crippen molar-refractivity contribution < 1.29 is 4.79 Å². The van der Waals surface area contributed by atoms with Crippen LogP contribution in [0.3, 0.4) is 0 Å². The Morgan fingerprint density at radius 3 is 2.80 bits per heavy atom. The lowest BCUT2D eigenvalue weighted by Crippen LogP contribution is -2.30. The smallest absolute Gasteiger partial charge is 0.228 e. The van der Waals surface area contributed by atoms with Crippen LogP contribution in [-0.4, -0.2) is 15.5 Å². The number of nitrogens with zero attached hydrogens (tertiary/aromatic N) is 2. The average molecular weight is 310 g/mol. The fraction of sp³-hybridized carbons (Fsp3) is 0.286. The summed E-state index contributed by atoms with van der Waals surface area (Å²) in [5.74, 6) is 0.876. The Bertz CT molecular complexity index is 633. The first kappa shape index (κ1) is 13.5. The van der Waals surface area contributed by atoms with Crippen molar-refractivity contribution >= 4 is 34.8 Å². The summed E-state index contributed by atoms with van der Waals surface area (Å²) in [5, 5.41) is 3.88. The number of anilines is 1. The van der Waals surface area contributed by atoms with Gasteiger partial charge in [0.05, 0.1) is 0 Å². The Labute approximate surface area is 126 Å². The Hall–Kier alpha value is -1.52. The second kappa shape index (κ2) is 5.46. The summed E-state index contributed by atoms with van der Waals surface area (Å²) in [6, 6.07) is 5.01. The van der Waals surface area contributed by atoms with Crippen molar-refractivity contribution in [3.05, 3.63) is 46.5 Å². The van der Waals surface area contributed by atoms with Crippen LogP contribution in [0.4, 0.5) is 5.69 Å². The molecule has 1 N–H and O–H groups in total. The topological polar surface area (TPSA) is 46.9 Å². The molecule has 104 valence electrons. The molecule has 1 aliphatic rings. The normalized spacial score (nSPS) is 17.6. The number of carbonyl (C=O) groups is 1. The molecule has 0 saturated carbocycles. The number of halogens is 2. The molecule has 2 aromatic rings. The average Bonchev–Trinajstić information content (AvgIpc) is 2.84. The number of hydrogen-bond acceptors (Lipinski definition) is 2. The van der Waals surface area contributed by atoms with Crippen molar-refractivity contribution in [1.29, 1.82) is 0 Å². The Kier molecular flexibility index (Phi) is 3.68. The van der Waals surface area contributed by atoms with Crippen LogP contribution in [0.1, 0.15) is 12.2 Å². The van der Waals surface area contributed by atoms with E-state index in [2.05, 4.69) is 14.9 Å². The van der Waals surface area contributed by atoms with Crippen LogP contribution in [0.15, 0.2) is 30.6 Å². The second-order valence-corrected chi connectivity index (χ2v) is 5.75. The fourth-order valence-corrected chi connectivity index (χ4v) is 2.97. The second-order valence-electron chi connectivity index (χ2n) is 4.87. The van der Waals surface area contributed by atoms with E-state index >= 15 is 0 Å². The number of amides is 1. The van der Waals surface area contributed by atoms with Crippen LogP contribution < -0.4 is 5.32 Å². The van der Waals surface area contributed by atoms with Crippen molar-refractivity contribution in [1.82, 2.24) is 9.55 Å². The van der Waals surface area contributed by atoms with Crippen LogP contribution >= 0.6 is 23.2 Å². The van der Waals surface area contributed by atoms with E-state index in [-0.39, 0.29) is 11.8 Å². The van der Waals surface area contributed by atoms with Gasteiger partial charge in [-0.25, -0.2) is 4.98 Å². The zero-order valence-electron chi connectivity index (χ0n) is 10.6. The van der Waals surface area contributed by atoms with Gasteiger partial charge in [-0.15, -0.1) is 0 Å². The van der Waals surface area contributed by atoms with Gasteiger partial charge in [-0.05, 0) is 24.6 Å². The summed E-state index contributed by atoms with van der Waals surface area (Å²) in [7, 11) is 0. The number of imidazole rings is 1. The molecule has 0 spiro atoms. The molecule has 3 rings (SSSR count). The van der Waals surface area contributed by atoms with E-state index in [0.29, 0.717) is 22.2 Å². The summed E-state index contributed by atoms with van der Waals surface area (Å²) in [6.07, 6.45) is 5.18. The predicted octanol–water partition coefficient (Wildman–Crippen LogP) is 3.39. The molecule has 1 aromatic carbocycles. The molecule has 1 atom stereocenters. The van der Waals surface area contributed by atoms with E-state index in [4.69, 9.17) is 23.2 Å². The van der Waals surface area contributed by atoms with E-state index in [1.165, 1.54) is 0 Å². The Balaban J connectivity index is 1.71.